The van der Waals surface area contributed by atoms with Gasteiger partial charge in [0.2, 0.25) is 0 Å². The van der Waals surface area contributed by atoms with Crippen molar-refractivity contribution in [2.24, 2.45) is 0 Å². The summed E-state index contributed by atoms with van der Waals surface area (Å²) in [4.78, 5) is 0. The first-order chi connectivity index (χ1) is 4.19. The molecular formula is C7H14BrN. The molecule has 0 aromatic rings. The van der Waals surface area contributed by atoms with Crippen LogP contribution in [0.25, 0.3) is 0 Å². The first-order valence-electron chi connectivity index (χ1n) is 3.62. The van der Waals surface area contributed by atoms with Crippen molar-refractivity contribution in [3.8, 4) is 0 Å². The number of hydrogen-bond donors (Lipinski definition) is 0. The standard InChI is InChI=1S/C7H14BrN/c1-3-7(2)5-4-6-9(7)8/h3-6H2,1-2H3. The van der Waals surface area contributed by atoms with E-state index in [1.54, 1.807) is 0 Å². The molecular weight excluding hydrogens is 178 g/mol. The molecule has 0 saturated carbocycles. The van der Waals surface area contributed by atoms with Crippen molar-refractivity contribution in [1.29, 1.82) is 0 Å². The van der Waals surface area contributed by atoms with E-state index in [0.717, 1.165) is 0 Å². The normalized spacial score (nSPS) is 37.7. The highest BCUT2D eigenvalue weighted by Crippen LogP contribution is 2.33. The van der Waals surface area contributed by atoms with E-state index in [-0.39, 0.29) is 0 Å². The van der Waals surface area contributed by atoms with Gasteiger partial charge in [-0.05, 0) is 26.2 Å². The molecule has 0 radical (unpaired) electrons. The van der Waals surface area contributed by atoms with E-state index >= 15 is 0 Å². The fraction of sp³-hybridized carbons (Fsp3) is 1.00. The molecule has 0 N–H and O–H groups in total. The first kappa shape index (κ1) is 7.55. The zero-order valence-electron chi connectivity index (χ0n) is 6.15. The van der Waals surface area contributed by atoms with E-state index in [0.29, 0.717) is 5.54 Å². The van der Waals surface area contributed by atoms with Crippen LogP contribution in [0.1, 0.15) is 33.1 Å². The van der Waals surface area contributed by atoms with Gasteiger partial charge in [0, 0.05) is 28.2 Å². The van der Waals surface area contributed by atoms with Crippen molar-refractivity contribution in [1.82, 2.24) is 3.93 Å². The minimum atomic E-state index is 0.444. The van der Waals surface area contributed by atoms with E-state index in [2.05, 4.69) is 33.9 Å². The molecule has 0 aromatic carbocycles. The summed E-state index contributed by atoms with van der Waals surface area (Å²) in [5, 5.41) is 0. The summed E-state index contributed by atoms with van der Waals surface area (Å²) in [7, 11) is 0. The predicted molar refractivity (Wildman–Crippen MR) is 43.6 cm³/mol. The van der Waals surface area contributed by atoms with E-state index in [4.69, 9.17) is 0 Å². The molecule has 1 fully saturated rings. The Morgan fingerprint density at radius 2 is 2.33 bits per heavy atom. The molecule has 0 aromatic heterocycles. The lowest BCUT2D eigenvalue weighted by atomic mass is 9.97. The fourth-order valence-corrected chi connectivity index (χ4v) is 2.02. The Balaban J connectivity index is 2.56. The monoisotopic (exact) mass is 191 g/mol. The minimum Gasteiger partial charge on any atom is -0.237 e. The molecule has 1 aliphatic heterocycles. The summed E-state index contributed by atoms with van der Waals surface area (Å²) in [6.45, 7) is 5.78. The van der Waals surface area contributed by atoms with Crippen LogP contribution in [0.15, 0.2) is 0 Å². The van der Waals surface area contributed by atoms with Crippen LogP contribution in [0.2, 0.25) is 0 Å². The summed E-state index contributed by atoms with van der Waals surface area (Å²) in [5.74, 6) is 0. The Hall–Kier alpha value is 0.440. The van der Waals surface area contributed by atoms with Crippen molar-refractivity contribution >= 4 is 16.1 Å². The third-order valence-corrected chi connectivity index (χ3v) is 3.63. The lowest BCUT2D eigenvalue weighted by Gasteiger charge is -2.28. The van der Waals surface area contributed by atoms with Crippen LogP contribution in [0.5, 0.6) is 0 Å². The quantitative estimate of drug-likeness (QED) is 0.577. The molecule has 9 heavy (non-hydrogen) atoms. The van der Waals surface area contributed by atoms with Gasteiger partial charge in [-0.1, -0.05) is 6.92 Å². The van der Waals surface area contributed by atoms with Gasteiger partial charge in [0.05, 0.1) is 0 Å². The molecule has 0 spiro atoms. The maximum absolute atomic E-state index is 3.55. The Kier molecular flexibility index (Phi) is 2.17. The lowest BCUT2D eigenvalue weighted by Crippen LogP contribution is -2.32. The van der Waals surface area contributed by atoms with Crippen LogP contribution in [-0.2, 0) is 0 Å². The van der Waals surface area contributed by atoms with E-state index < -0.39 is 0 Å². The number of nitrogens with zero attached hydrogens (tertiary/aromatic N) is 1. The van der Waals surface area contributed by atoms with Crippen molar-refractivity contribution in [2.45, 2.75) is 38.6 Å². The zero-order valence-corrected chi connectivity index (χ0v) is 7.74. The molecule has 1 aliphatic rings. The van der Waals surface area contributed by atoms with Crippen molar-refractivity contribution in [3.05, 3.63) is 0 Å². The number of hydrogen-bond acceptors (Lipinski definition) is 1. The maximum atomic E-state index is 3.55. The van der Waals surface area contributed by atoms with Gasteiger partial charge in [-0.25, -0.2) is 3.93 Å². The molecule has 1 nitrogen and oxygen atoms in total. The molecule has 0 aliphatic carbocycles. The van der Waals surface area contributed by atoms with Gasteiger partial charge in [-0.3, -0.25) is 0 Å². The van der Waals surface area contributed by atoms with Gasteiger partial charge in [-0.2, -0.15) is 0 Å². The second-order valence-corrected chi connectivity index (χ2v) is 3.90. The summed E-state index contributed by atoms with van der Waals surface area (Å²) < 4.78 is 2.29. The summed E-state index contributed by atoms with van der Waals surface area (Å²) in [6, 6.07) is 0. The molecule has 54 valence electrons. The van der Waals surface area contributed by atoms with E-state index in [1.807, 2.05) is 0 Å². The Morgan fingerprint density at radius 1 is 1.67 bits per heavy atom. The largest absolute Gasteiger partial charge is 0.237 e. The molecule has 0 amide bonds. The highest BCUT2D eigenvalue weighted by molar-refractivity contribution is 9.07. The van der Waals surface area contributed by atoms with Crippen LogP contribution >= 0.6 is 16.1 Å². The lowest BCUT2D eigenvalue weighted by molar-refractivity contribution is 0.289. The Bertz CT molecular complexity index is 105. The summed E-state index contributed by atoms with van der Waals surface area (Å²) >= 11 is 3.55. The molecule has 2 heteroatoms. The molecule has 1 unspecified atom stereocenters. The van der Waals surface area contributed by atoms with Crippen LogP contribution in [-0.4, -0.2) is 16.0 Å². The van der Waals surface area contributed by atoms with Gasteiger partial charge < -0.3 is 0 Å². The summed E-state index contributed by atoms with van der Waals surface area (Å²) in [6.07, 6.45) is 3.93. The number of rotatable bonds is 1. The molecule has 1 saturated heterocycles. The van der Waals surface area contributed by atoms with Gasteiger partial charge in [0.15, 0.2) is 0 Å². The fourth-order valence-electron chi connectivity index (χ4n) is 1.34. The van der Waals surface area contributed by atoms with Crippen LogP contribution in [0, 0.1) is 0 Å². The van der Waals surface area contributed by atoms with Gasteiger partial charge in [0.1, 0.15) is 0 Å². The second-order valence-electron chi connectivity index (χ2n) is 3.04. The van der Waals surface area contributed by atoms with Crippen LogP contribution in [0.4, 0.5) is 0 Å². The SMILES string of the molecule is CCC1(C)CCCN1Br. The average molecular weight is 192 g/mol. The molecule has 1 rings (SSSR count). The van der Waals surface area contributed by atoms with Gasteiger partial charge in [-0.15, -0.1) is 0 Å². The summed E-state index contributed by atoms with van der Waals surface area (Å²) in [5.41, 5.74) is 0.444. The Morgan fingerprint density at radius 3 is 2.56 bits per heavy atom. The van der Waals surface area contributed by atoms with E-state index in [1.165, 1.54) is 25.8 Å². The molecule has 1 atom stereocenters. The van der Waals surface area contributed by atoms with Crippen LogP contribution in [0.3, 0.4) is 0 Å². The highest BCUT2D eigenvalue weighted by Gasteiger charge is 2.32. The van der Waals surface area contributed by atoms with Gasteiger partial charge >= 0.3 is 0 Å². The zero-order chi connectivity index (χ0) is 6.91. The molecule has 1 heterocycles. The second kappa shape index (κ2) is 2.59. The third-order valence-electron chi connectivity index (χ3n) is 2.42. The van der Waals surface area contributed by atoms with E-state index in [9.17, 15) is 0 Å². The van der Waals surface area contributed by atoms with Crippen molar-refractivity contribution in [3.63, 3.8) is 0 Å². The first-order valence-corrected chi connectivity index (χ1v) is 4.33. The third kappa shape index (κ3) is 1.30. The average Bonchev–Trinajstić information content (AvgIpc) is 2.15. The van der Waals surface area contributed by atoms with Crippen molar-refractivity contribution < 1.29 is 0 Å². The van der Waals surface area contributed by atoms with Gasteiger partial charge in [0.25, 0.3) is 0 Å². The molecule has 0 bridgehead atoms. The Labute approximate surface area is 65.8 Å². The van der Waals surface area contributed by atoms with Crippen molar-refractivity contribution in [2.75, 3.05) is 6.54 Å². The maximum Gasteiger partial charge on any atom is 0.0286 e. The topological polar surface area (TPSA) is 3.24 Å². The predicted octanol–water partition coefficient (Wildman–Crippen LogP) is 2.56. The minimum absolute atomic E-state index is 0.444. The smallest absolute Gasteiger partial charge is 0.0286 e. The van der Waals surface area contributed by atoms with Crippen LogP contribution < -0.4 is 0 Å². The number of halogens is 1. The highest BCUT2D eigenvalue weighted by atomic mass is 79.9.